The third kappa shape index (κ3) is 2.07. The van der Waals surface area contributed by atoms with E-state index in [0.717, 1.165) is 11.3 Å². The highest BCUT2D eigenvalue weighted by atomic mass is 32.2. The monoisotopic (exact) mass is 253 g/mol. The van der Waals surface area contributed by atoms with Crippen molar-refractivity contribution in [2.24, 2.45) is 0 Å². The molecule has 0 atom stereocenters. The van der Waals surface area contributed by atoms with Gasteiger partial charge >= 0.3 is 0 Å². The summed E-state index contributed by atoms with van der Waals surface area (Å²) in [6.45, 7) is 3.63. The molecule has 17 heavy (non-hydrogen) atoms. The van der Waals surface area contributed by atoms with E-state index in [9.17, 15) is 13.2 Å². The first kappa shape index (κ1) is 12.1. The third-order valence-electron chi connectivity index (χ3n) is 3.04. The maximum absolute atomic E-state index is 11.8. The average molecular weight is 253 g/mol. The van der Waals surface area contributed by atoms with Crippen LogP contribution in [0.15, 0.2) is 18.2 Å². The fraction of sp³-hybridized carbons (Fsp3) is 0.417. The lowest BCUT2D eigenvalue weighted by Gasteiger charge is -2.18. The van der Waals surface area contributed by atoms with Gasteiger partial charge in [-0.15, -0.1) is 0 Å². The largest absolute Gasteiger partial charge is 0.295 e. The molecule has 0 unspecified atom stereocenters. The zero-order chi connectivity index (χ0) is 12.6. The van der Waals surface area contributed by atoms with Crippen LogP contribution in [0.5, 0.6) is 0 Å². The molecule has 0 aliphatic carbocycles. The Labute approximate surface area is 101 Å². The summed E-state index contributed by atoms with van der Waals surface area (Å²) in [7, 11) is -3.20. The van der Waals surface area contributed by atoms with Gasteiger partial charge in [-0.05, 0) is 44.0 Å². The SMILES string of the molecule is CCS(=O)(=O)N1CCc2cc(C(C)=O)ccc21. The molecule has 1 aromatic rings. The van der Waals surface area contributed by atoms with E-state index in [1.54, 1.807) is 25.1 Å². The van der Waals surface area contributed by atoms with Crippen LogP contribution in [0.1, 0.15) is 29.8 Å². The molecule has 0 saturated heterocycles. The number of nitrogens with zero attached hydrogens (tertiary/aromatic N) is 1. The molecule has 0 amide bonds. The third-order valence-corrected chi connectivity index (χ3v) is 4.82. The van der Waals surface area contributed by atoms with Crippen LogP contribution in [0, 0.1) is 0 Å². The smallest absolute Gasteiger partial charge is 0.234 e. The van der Waals surface area contributed by atoms with Gasteiger partial charge in [-0.2, -0.15) is 0 Å². The van der Waals surface area contributed by atoms with E-state index in [4.69, 9.17) is 0 Å². The van der Waals surface area contributed by atoms with Gasteiger partial charge in [0, 0.05) is 12.1 Å². The molecule has 4 nitrogen and oxygen atoms in total. The molecule has 0 radical (unpaired) electrons. The maximum atomic E-state index is 11.8. The number of sulfonamides is 1. The number of ketones is 1. The quantitative estimate of drug-likeness (QED) is 0.769. The molecule has 0 saturated carbocycles. The second-order valence-electron chi connectivity index (χ2n) is 4.12. The zero-order valence-corrected chi connectivity index (χ0v) is 10.8. The van der Waals surface area contributed by atoms with Crippen molar-refractivity contribution in [1.82, 2.24) is 0 Å². The van der Waals surface area contributed by atoms with Gasteiger partial charge in [0.05, 0.1) is 11.4 Å². The lowest BCUT2D eigenvalue weighted by atomic mass is 10.1. The van der Waals surface area contributed by atoms with Crippen molar-refractivity contribution in [2.45, 2.75) is 20.3 Å². The van der Waals surface area contributed by atoms with Gasteiger partial charge in [-0.25, -0.2) is 8.42 Å². The van der Waals surface area contributed by atoms with E-state index in [0.29, 0.717) is 18.5 Å². The second-order valence-corrected chi connectivity index (χ2v) is 6.30. The topological polar surface area (TPSA) is 54.5 Å². The predicted molar refractivity (Wildman–Crippen MR) is 67.0 cm³/mol. The molecule has 1 aromatic carbocycles. The van der Waals surface area contributed by atoms with Crippen molar-refractivity contribution in [3.63, 3.8) is 0 Å². The van der Waals surface area contributed by atoms with Crippen LogP contribution >= 0.6 is 0 Å². The van der Waals surface area contributed by atoms with Gasteiger partial charge in [0.15, 0.2) is 5.78 Å². The fourth-order valence-corrected chi connectivity index (χ4v) is 3.19. The Kier molecular flexibility index (Phi) is 2.95. The number of hydrogen-bond donors (Lipinski definition) is 0. The molecular formula is C12H15NO3S. The molecular weight excluding hydrogens is 238 g/mol. The summed E-state index contributed by atoms with van der Waals surface area (Å²) in [5, 5.41) is 0. The number of hydrogen-bond acceptors (Lipinski definition) is 3. The Balaban J connectivity index is 2.44. The van der Waals surface area contributed by atoms with E-state index < -0.39 is 10.0 Å². The number of Topliss-reactive ketones (excluding diaryl/α,β-unsaturated/α-hetero) is 1. The highest BCUT2D eigenvalue weighted by molar-refractivity contribution is 7.92. The molecule has 0 aromatic heterocycles. The molecule has 92 valence electrons. The minimum absolute atomic E-state index is 0.00426. The van der Waals surface area contributed by atoms with E-state index in [2.05, 4.69) is 0 Å². The molecule has 0 N–H and O–H groups in total. The number of benzene rings is 1. The van der Waals surface area contributed by atoms with Crippen LogP contribution in [0.4, 0.5) is 5.69 Å². The Hall–Kier alpha value is -1.36. The van der Waals surface area contributed by atoms with Gasteiger partial charge < -0.3 is 0 Å². The minimum Gasteiger partial charge on any atom is -0.295 e. The average Bonchev–Trinajstić information content (AvgIpc) is 2.72. The second kappa shape index (κ2) is 4.14. The molecule has 0 spiro atoms. The summed E-state index contributed by atoms with van der Waals surface area (Å²) < 4.78 is 25.1. The minimum atomic E-state index is -3.20. The van der Waals surface area contributed by atoms with E-state index >= 15 is 0 Å². The Morgan fingerprint density at radius 3 is 2.71 bits per heavy atom. The Morgan fingerprint density at radius 1 is 1.41 bits per heavy atom. The van der Waals surface area contributed by atoms with Crippen molar-refractivity contribution in [1.29, 1.82) is 0 Å². The number of carbonyl (C=O) groups excluding carboxylic acids is 1. The molecule has 0 fully saturated rings. The molecule has 0 bridgehead atoms. The summed E-state index contributed by atoms with van der Waals surface area (Å²) in [4.78, 5) is 11.2. The highest BCUT2D eigenvalue weighted by Crippen LogP contribution is 2.31. The first-order valence-corrected chi connectivity index (χ1v) is 7.21. The van der Waals surface area contributed by atoms with E-state index in [1.807, 2.05) is 0 Å². The normalized spacial score (nSPS) is 14.8. The van der Waals surface area contributed by atoms with Crippen molar-refractivity contribution < 1.29 is 13.2 Å². The number of rotatable bonds is 3. The fourth-order valence-electron chi connectivity index (χ4n) is 2.04. The summed E-state index contributed by atoms with van der Waals surface area (Å²) >= 11 is 0. The Morgan fingerprint density at radius 2 is 2.12 bits per heavy atom. The van der Waals surface area contributed by atoms with Crippen LogP contribution < -0.4 is 4.31 Å². The van der Waals surface area contributed by atoms with Crippen molar-refractivity contribution in [3.05, 3.63) is 29.3 Å². The molecule has 1 aliphatic heterocycles. The number of fused-ring (bicyclic) bond motifs is 1. The summed E-state index contributed by atoms with van der Waals surface area (Å²) in [6.07, 6.45) is 0.676. The van der Waals surface area contributed by atoms with Gasteiger partial charge in [0.25, 0.3) is 0 Å². The van der Waals surface area contributed by atoms with Gasteiger partial charge in [0.1, 0.15) is 0 Å². The highest BCUT2D eigenvalue weighted by Gasteiger charge is 2.28. The first-order valence-electron chi connectivity index (χ1n) is 5.60. The summed E-state index contributed by atoms with van der Waals surface area (Å²) in [6, 6.07) is 5.21. The summed E-state index contributed by atoms with van der Waals surface area (Å²) in [5.41, 5.74) is 2.30. The van der Waals surface area contributed by atoms with E-state index in [-0.39, 0.29) is 11.5 Å². The Bertz CT molecular complexity index is 563. The number of anilines is 1. The van der Waals surface area contributed by atoms with Crippen LogP contribution in [0.2, 0.25) is 0 Å². The molecule has 1 aliphatic rings. The number of carbonyl (C=O) groups is 1. The van der Waals surface area contributed by atoms with Gasteiger partial charge in [-0.1, -0.05) is 0 Å². The lowest BCUT2D eigenvalue weighted by molar-refractivity contribution is 0.101. The first-order chi connectivity index (χ1) is 7.95. The van der Waals surface area contributed by atoms with Crippen molar-refractivity contribution >= 4 is 21.5 Å². The standard InChI is InChI=1S/C12H15NO3S/c1-3-17(15,16)13-7-6-11-8-10(9(2)14)4-5-12(11)13/h4-5,8H,3,6-7H2,1-2H3. The maximum Gasteiger partial charge on any atom is 0.234 e. The molecule has 5 heteroatoms. The van der Waals surface area contributed by atoms with Gasteiger partial charge in [0.2, 0.25) is 10.0 Å². The van der Waals surface area contributed by atoms with Crippen molar-refractivity contribution in [2.75, 3.05) is 16.6 Å². The van der Waals surface area contributed by atoms with Gasteiger partial charge in [-0.3, -0.25) is 9.10 Å². The lowest BCUT2D eigenvalue weighted by Crippen LogP contribution is -2.30. The van der Waals surface area contributed by atoms with Crippen LogP contribution in [-0.2, 0) is 16.4 Å². The molecule has 1 heterocycles. The van der Waals surface area contributed by atoms with E-state index in [1.165, 1.54) is 11.2 Å². The predicted octanol–water partition coefficient (Wildman–Crippen LogP) is 1.60. The van der Waals surface area contributed by atoms with Crippen molar-refractivity contribution in [3.8, 4) is 0 Å². The van der Waals surface area contributed by atoms with Crippen LogP contribution in [0.25, 0.3) is 0 Å². The summed E-state index contributed by atoms with van der Waals surface area (Å²) in [5.74, 6) is 0.102. The molecule has 2 rings (SSSR count). The zero-order valence-electron chi connectivity index (χ0n) is 9.93. The van der Waals surface area contributed by atoms with Crippen LogP contribution in [0.3, 0.4) is 0 Å². The van der Waals surface area contributed by atoms with Crippen LogP contribution in [-0.4, -0.2) is 26.5 Å².